The van der Waals surface area contributed by atoms with Crippen molar-refractivity contribution in [1.82, 2.24) is 0 Å². The van der Waals surface area contributed by atoms with E-state index in [1.54, 1.807) is 6.08 Å². The van der Waals surface area contributed by atoms with Gasteiger partial charge in [-0.15, -0.1) is 0 Å². The van der Waals surface area contributed by atoms with Crippen LogP contribution in [0.15, 0.2) is 11.6 Å². The van der Waals surface area contributed by atoms with Crippen LogP contribution in [-0.2, 0) is 23.9 Å². The molecule has 8 heteroatoms. The number of aliphatic hydroxyl groups is 3. The second-order valence-corrected chi connectivity index (χ2v) is 9.79. The predicted molar refractivity (Wildman–Crippen MR) is 109 cm³/mol. The Bertz CT molecular complexity index is 744. The maximum atomic E-state index is 13.0. The fourth-order valence-corrected chi connectivity index (χ4v) is 5.91. The van der Waals surface area contributed by atoms with Gasteiger partial charge < -0.3 is 24.8 Å². The number of ether oxygens (including phenoxy) is 2. The summed E-state index contributed by atoms with van der Waals surface area (Å²) >= 11 is 0. The van der Waals surface area contributed by atoms with E-state index in [1.165, 1.54) is 0 Å². The quantitative estimate of drug-likeness (QED) is 0.296. The van der Waals surface area contributed by atoms with Crippen molar-refractivity contribution in [2.24, 2.45) is 22.7 Å². The average molecular weight is 439 g/mol. The van der Waals surface area contributed by atoms with Gasteiger partial charge >= 0.3 is 11.9 Å². The van der Waals surface area contributed by atoms with Crippen LogP contribution in [0.5, 0.6) is 0 Å². The van der Waals surface area contributed by atoms with Crippen LogP contribution in [0, 0.1) is 22.7 Å². The summed E-state index contributed by atoms with van der Waals surface area (Å²) in [6, 6.07) is 0. The molecule has 1 aliphatic heterocycles. The molecule has 7 atom stereocenters. The molecule has 8 nitrogen and oxygen atoms in total. The molecule has 1 heterocycles. The van der Waals surface area contributed by atoms with Crippen molar-refractivity contribution in [3.05, 3.63) is 11.6 Å². The van der Waals surface area contributed by atoms with Gasteiger partial charge in [-0.1, -0.05) is 52.5 Å². The first-order chi connectivity index (χ1) is 14.6. The number of carbonyl (C=O) groups excluding carboxylic acids is 3. The highest BCUT2D eigenvalue weighted by molar-refractivity contribution is 5.87. The zero-order valence-corrected chi connectivity index (χ0v) is 18.5. The van der Waals surface area contributed by atoms with Gasteiger partial charge in [-0.3, -0.25) is 9.59 Å². The van der Waals surface area contributed by atoms with Crippen molar-refractivity contribution in [3.8, 4) is 0 Å². The number of hydrogen-bond acceptors (Lipinski definition) is 8. The summed E-state index contributed by atoms with van der Waals surface area (Å²) in [7, 11) is 0. The predicted octanol–water partition coefficient (Wildman–Crippen LogP) is 1.64. The molecule has 174 valence electrons. The van der Waals surface area contributed by atoms with E-state index in [1.807, 2.05) is 13.8 Å². The smallest absolute Gasteiger partial charge is 0.335 e. The molecule has 2 fully saturated rings. The minimum Gasteiger partial charge on any atom is -0.458 e. The molecule has 1 saturated carbocycles. The molecule has 0 aromatic heterocycles. The van der Waals surface area contributed by atoms with Gasteiger partial charge in [-0.2, -0.15) is 0 Å². The molecular formula is C23H34O8. The summed E-state index contributed by atoms with van der Waals surface area (Å²) < 4.78 is 10.6. The van der Waals surface area contributed by atoms with Crippen LogP contribution in [-0.4, -0.2) is 58.1 Å². The third kappa shape index (κ3) is 3.94. The highest BCUT2D eigenvalue weighted by Crippen LogP contribution is 2.63. The van der Waals surface area contributed by atoms with Gasteiger partial charge in [0, 0.05) is 0 Å². The van der Waals surface area contributed by atoms with Gasteiger partial charge in [0.15, 0.2) is 6.10 Å². The molecule has 0 aromatic carbocycles. The molecule has 0 amide bonds. The maximum absolute atomic E-state index is 13.0. The van der Waals surface area contributed by atoms with Crippen molar-refractivity contribution < 1.29 is 39.2 Å². The lowest BCUT2D eigenvalue weighted by atomic mass is 9.46. The Balaban J connectivity index is 1.86. The van der Waals surface area contributed by atoms with Crippen LogP contribution in [0.4, 0.5) is 0 Å². The summed E-state index contributed by atoms with van der Waals surface area (Å²) in [5.41, 5.74) is -1.96. The maximum Gasteiger partial charge on any atom is 0.335 e. The van der Waals surface area contributed by atoms with E-state index < -0.39 is 59.2 Å². The first-order valence-corrected chi connectivity index (χ1v) is 11.2. The fourth-order valence-electron chi connectivity index (χ4n) is 5.91. The van der Waals surface area contributed by atoms with Crippen molar-refractivity contribution in [2.75, 3.05) is 0 Å². The lowest BCUT2D eigenvalue weighted by molar-refractivity contribution is -0.211. The zero-order chi connectivity index (χ0) is 23.0. The van der Waals surface area contributed by atoms with Crippen LogP contribution in [0.25, 0.3) is 0 Å². The van der Waals surface area contributed by atoms with Crippen LogP contribution in [0.2, 0.25) is 0 Å². The van der Waals surface area contributed by atoms with Gasteiger partial charge in [-0.05, 0) is 36.2 Å². The molecule has 0 bridgehead atoms. The summed E-state index contributed by atoms with van der Waals surface area (Å²) in [4.78, 5) is 37.2. The minimum atomic E-state index is -1.59. The Kier molecular flexibility index (Phi) is 6.93. The molecule has 3 rings (SSSR count). The van der Waals surface area contributed by atoms with Crippen LogP contribution >= 0.6 is 0 Å². The summed E-state index contributed by atoms with van der Waals surface area (Å²) in [5, 5.41) is 31.9. The normalized spacial score (nSPS) is 37.2. The first kappa shape index (κ1) is 23.9. The second-order valence-electron chi connectivity index (χ2n) is 9.79. The van der Waals surface area contributed by atoms with Crippen molar-refractivity contribution in [2.45, 2.75) is 90.3 Å². The monoisotopic (exact) mass is 438 g/mol. The van der Waals surface area contributed by atoms with Gasteiger partial charge in [0.1, 0.15) is 23.9 Å². The second kappa shape index (κ2) is 9.00. The Hall–Kier alpha value is -1.77. The van der Waals surface area contributed by atoms with Gasteiger partial charge in [0.2, 0.25) is 6.29 Å². The van der Waals surface area contributed by atoms with Crippen molar-refractivity contribution >= 4 is 18.2 Å². The standard InChI is InChI=1S/C23H34O8/c1-4-5-6-7-8-14(25)19(27)30-15-11-22(2,3)16-10-9-13(12-24)17-20(28)31-21(29)23(16,17)18(15)26/h9,12,14-18,20,25-26,28H,4-8,10-11H2,1-3H3/t14-,15+,16+,17-,18-,20-,23-/m1/s1. The number of rotatable bonds is 8. The van der Waals surface area contributed by atoms with E-state index >= 15 is 0 Å². The largest absolute Gasteiger partial charge is 0.458 e. The first-order valence-electron chi connectivity index (χ1n) is 11.2. The SMILES string of the molecule is CCCCCC[C@@H](O)C(=O)O[C@H]1CC(C)(C)[C@@H]2CC=C(C=O)[C@@H]3[C@H](O)OC(=O)[C@@]32[C@@H]1O. The molecule has 0 radical (unpaired) electrons. The number of allylic oxidation sites excluding steroid dienone is 1. The average Bonchev–Trinajstić information content (AvgIpc) is 2.99. The lowest BCUT2D eigenvalue weighted by Crippen LogP contribution is -2.65. The zero-order valence-electron chi connectivity index (χ0n) is 18.5. The molecule has 1 saturated heterocycles. The third-order valence-corrected chi connectivity index (χ3v) is 7.43. The van der Waals surface area contributed by atoms with E-state index in [4.69, 9.17) is 9.47 Å². The van der Waals surface area contributed by atoms with Crippen molar-refractivity contribution in [3.63, 3.8) is 0 Å². The molecule has 0 unspecified atom stereocenters. The molecule has 1 spiro atoms. The molecular weight excluding hydrogens is 404 g/mol. The summed E-state index contributed by atoms with van der Waals surface area (Å²) in [6.45, 7) is 5.88. The number of unbranched alkanes of at least 4 members (excludes halogenated alkanes) is 3. The minimum absolute atomic E-state index is 0.201. The molecule has 2 aliphatic carbocycles. The number of carbonyl (C=O) groups is 3. The highest BCUT2D eigenvalue weighted by atomic mass is 16.6. The fraction of sp³-hybridized carbons (Fsp3) is 0.783. The molecule has 31 heavy (non-hydrogen) atoms. The van der Waals surface area contributed by atoms with E-state index in [2.05, 4.69) is 6.92 Å². The summed E-state index contributed by atoms with van der Waals surface area (Å²) in [6.07, 6.45) is 1.37. The van der Waals surface area contributed by atoms with Gasteiger partial charge in [-0.25, -0.2) is 4.79 Å². The van der Waals surface area contributed by atoms with Crippen molar-refractivity contribution in [1.29, 1.82) is 0 Å². The number of cyclic esters (lactones) is 1. The Morgan fingerprint density at radius 3 is 2.68 bits per heavy atom. The van der Waals surface area contributed by atoms with E-state index in [9.17, 15) is 29.7 Å². The number of aldehydes is 1. The summed E-state index contributed by atoms with van der Waals surface area (Å²) in [5.74, 6) is -3.08. The lowest BCUT2D eigenvalue weighted by Gasteiger charge is -2.56. The van der Waals surface area contributed by atoms with Gasteiger partial charge in [0.05, 0.1) is 5.92 Å². The van der Waals surface area contributed by atoms with Gasteiger partial charge in [0.25, 0.3) is 0 Å². The van der Waals surface area contributed by atoms with E-state index in [-0.39, 0.29) is 18.4 Å². The van der Waals surface area contributed by atoms with Crippen LogP contribution in [0.1, 0.15) is 65.7 Å². The highest BCUT2D eigenvalue weighted by Gasteiger charge is 2.73. The van der Waals surface area contributed by atoms with E-state index in [0.717, 1.165) is 19.3 Å². The molecule has 0 aromatic rings. The van der Waals surface area contributed by atoms with Crippen LogP contribution in [0.3, 0.4) is 0 Å². The Morgan fingerprint density at radius 1 is 1.32 bits per heavy atom. The third-order valence-electron chi connectivity index (χ3n) is 7.43. The number of hydrogen-bond donors (Lipinski definition) is 3. The number of esters is 2. The van der Waals surface area contributed by atoms with E-state index in [0.29, 0.717) is 19.1 Å². The topological polar surface area (TPSA) is 130 Å². The molecule has 3 N–H and O–H groups in total. The van der Waals surface area contributed by atoms with Crippen LogP contribution < -0.4 is 0 Å². The number of aliphatic hydroxyl groups excluding tert-OH is 3. The molecule has 3 aliphatic rings. The Morgan fingerprint density at radius 2 is 2.03 bits per heavy atom. The Labute approximate surface area is 182 Å².